The van der Waals surface area contributed by atoms with E-state index in [0.717, 1.165) is 0 Å². The van der Waals surface area contributed by atoms with E-state index in [9.17, 15) is 14.9 Å². The molecule has 1 aliphatic rings. The van der Waals surface area contributed by atoms with Crippen molar-refractivity contribution in [3.63, 3.8) is 0 Å². The number of nitrogens with zero attached hydrogens (tertiary/aromatic N) is 5. The van der Waals surface area contributed by atoms with Crippen molar-refractivity contribution >= 4 is 22.8 Å². The first kappa shape index (κ1) is 19.7. The van der Waals surface area contributed by atoms with Gasteiger partial charge in [0, 0.05) is 38.8 Å². The summed E-state index contributed by atoms with van der Waals surface area (Å²) in [4.78, 5) is 33.0. The number of anilines is 1. The third-order valence-corrected chi connectivity index (χ3v) is 4.77. The molecule has 28 heavy (non-hydrogen) atoms. The van der Waals surface area contributed by atoms with Crippen molar-refractivity contribution in [2.45, 2.75) is 39.3 Å². The summed E-state index contributed by atoms with van der Waals surface area (Å²) in [7, 11) is 1.69. The highest BCUT2D eigenvalue weighted by atomic mass is 16.6. The number of piperazine rings is 1. The summed E-state index contributed by atoms with van der Waals surface area (Å²) in [5.41, 5.74) is 1.58. The highest BCUT2D eigenvalue weighted by molar-refractivity contribution is 5.89. The van der Waals surface area contributed by atoms with E-state index in [4.69, 9.17) is 4.74 Å². The number of fused-ring (bicyclic) bond motifs is 1. The van der Waals surface area contributed by atoms with Crippen LogP contribution in [0.25, 0.3) is 11.0 Å². The molecule has 1 atom stereocenters. The molecule has 1 saturated heterocycles. The van der Waals surface area contributed by atoms with Crippen molar-refractivity contribution in [1.82, 2.24) is 14.5 Å². The summed E-state index contributed by atoms with van der Waals surface area (Å²) in [5.74, 6) is 0. The van der Waals surface area contributed by atoms with Crippen LogP contribution in [0, 0.1) is 11.3 Å². The first-order chi connectivity index (χ1) is 13.1. The fraction of sp³-hybridized carbons (Fsp3) is 0.500. The second-order valence-electron chi connectivity index (χ2n) is 8.07. The molecule has 0 saturated carbocycles. The average Bonchev–Trinajstić information content (AvgIpc) is 2.63. The number of ether oxygens (including phenoxy) is 1. The van der Waals surface area contributed by atoms with Crippen LogP contribution >= 0.6 is 0 Å². The molecule has 1 fully saturated rings. The smallest absolute Gasteiger partial charge is 0.410 e. The van der Waals surface area contributed by atoms with Crippen molar-refractivity contribution in [1.29, 1.82) is 5.26 Å². The van der Waals surface area contributed by atoms with Gasteiger partial charge in [0.15, 0.2) is 0 Å². The lowest BCUT2D eigenvalue weighted by Gasteiger charge is -2.41. The molecule has 3 rings (SSSR count). The van der Waals surface area contributed by atoms with Crippen molar-refractivity contribution in [3.05, 3.63) is 34.2 Å². The minimum atomic E-state index is -0.545. The second-order valence-corrected chi connectivity index (χ2v) is 8.07. The molecule has 0 aromatic carbocycles. The van der Waals surface area contributed by atoms with Gasteiger partial charge in [-0.05, 0) is 39.8 Å². The fourth-order valence-corrected chi connectivity index (χ4v) is 3.40. The van der Waals surface area contributed by atoms with Gasteiger partial charge in [-0.15, -0.1) is 0 Å². The molecule has 0 radical (unpaired) electrons. The predicted molar refractivity (Wildman–Crippen MR) is 106 cm³/mol. The summed E-state index contributed by atoms with van der Waals surface area (Å²) >= 11 is 0. The Morgan fingerprint density at radius 3 is 2.64 bits per heavy atom. The van der Waals surface area contributed by atoms with Gasteiger partial charge in [-0.25, -0.2) is 9.78 Å². The van der Waals surface area contributed by atoms with Gasteiger partial charge in [0.2, 0.25) is 0 Å². The van der Waals surface area contributed by atoms with Crippen molar-refractivity contribution in [3.8, 4) is 6.07 Å². The lowest BCUT2D eigenvalue weighted by atomic mass is 10.1. The Hall–Kier alpha value is -3.08. The molecule has 2 aromatic rings. The molecular weight excluding hydrogens is 358 g/mol. The van der Waals surface area contributed by atoms with Crippen LogP contribution in [0.3, 0.4) is 0 Å². The first-order valence-electron chi connectivity index (χ1n) is 9.26. The summed E-state index contributed by atoms with van der Waals surface area (Å²) in [6.07, 6.45) is -0.335. The third kappa shape index (κ3) is 3.79. The Kier molecular flexibility index (Phi) is 5.02. The van der Waals surface area contributed by atoms with E-state index in [-0.39, 0.29) is 17.7 Å². The number of aryl methyl sites for hydroxylation is 1. The van der Waals surface area contributed by atoms with Crippen LogP contribution in [0.1, 0.15) is 33.4 Å². The van der Waals surface area contributed by atoms with E-state index in [1.165, 1.54) is 4.57 Å². The molecule has 1 aliphatic heterocycles. The van der Waals surface area contributed by atoms with Gasteiger partial charge in [0.25, 0.3) is 5.56 Å². The lowest BCUT2D eigenvalue weighted by Crippen LogP contribution is -2.54. The summed E-state index contributed by atoms with van der Waals surface area (Å²) in [6.45, 7) is 9.02. The van der Waals surface area contributed by atoms with Gasteiger partial charge in [0.05, 0.1) is 11.2 Å². The average molecular weight is 383 g/mol. The fourth-order valence-electron chi connectivity index (χ4n) is 3.40. The normalized spacial score (nSPS) is 17.5. The van der Waals surface area contributed by atoms with Crippen LogP contribution in [-0.4, -0.2) is 51.8 Å². The van der Waals surface area contributed by atoms with Crippen LogP contribution in [0.15, 0.2) is 23.0 Å². The maximum absolute atomic E-state index is 12.4. The summed E-state index contributed by atoms with van der Waals surface area (Å²) in [6, 6.07) is 6.92. The summed E-state index contributed by atoms with van der Waals surface area (Å²) in [5, 5.41) is 9.21. The second kappa shape index (κ2) is 7.15. The Morgan fingerprint density at radius 1 is 1.32 bits per heavy atom. The Bertz CT molecular complexity index is 1020. The minimum absolute atomic E-state index is 0.0379. The zero-order chi connectivity index (χ0) is 20.6. The number of hydrogen-bond donors (Lipinski definition) is 0. The number of rotatable bonds is 1. The molecule has 8 nitrogen and oxygen atoms in total. The van der Waals surface area contributed by atoms with E-state index in [0.29, 0.717) is 42.0 Å². The lowest BCUT2D eigenvalue weighted by molar-refractivity contribution is 0.0219. The van der Waals surface area contributed by atoms with E-state index in [1.54, 1.807) is 30.1 Å². The van der Waals surface area contributed by atoms with Gasteiger partial charge in [-0.1, -0.05) is 0 Å². The third-order valence-electron chi connectivity index (χ3n) is 4.77. The number of carbonyl (C=O) groups excluding carboxylic acids is 1. The molecular formula is C20H25N5O3. The van der Waals surface area contributed by atoms with E-state index in [2.05, 4.69) is 16.0 Å². The molecule has 3 heterocycles. The molecule has 148 valence electrons. The van der Waals surface area contributed by atoms with Crippen LogP contribution in [0.2, 0.25) is 0 Å². The molecule has 8 heteroatoms. The number of hydrogen-bond acceptors (Lipinski definition) is 6. The van der Waals surface area contributed by atoms with Crippen LogP contribution in [0.4, 0.5) is 10.5 Å². The molecule has 0 aliphatic carbocycles. The minimum Gasteiger partial charge on any atom is -0.444 e. The molecule has 0 bridgehead atoms. The van der Waals surface area contributed by atoms with Gasteiger partial charge < -0.3 is 19.1 Å². The molecule has 2 aromatic heterocycles. The number of carbonyl (C=O) groups is 1. The van der Waals surface area contributed by atoms with E-state index < -0.39 is 5.60 Å². The number of nitriles is 1. The molecule has 1 unspecified atom stereocenters. The van der Waals surface area contributed by atoms with Gasteiger partial charge in [-0.2, -0.15) is 5.26 Å². The van der Waals surface area contributed by atoms with Gasteiger partial charge in [-0.3, -0.25) is 4.79 Å². The Morgan fingerprint density at radius 2 is 2.04 bits per heavy atom. The monoisotopic (exact) mass is 383 g/mol. The van der Waals surface area contributed by atoms with Gasteiger partial charge in [0.1, 0.15) is 22.9 Å². The van der Waals surface area contributed by atoms with Crippen molar-refractivity contribution in [2.75, 3.05) is 24.5 Å². The number of amides is 1. The topological polar surface area (TPSA) is 91.5 Å². The number of aromatic nitrogens is 2. The van der Waals surface area contributed by atoms with E-state index in [1.807, 2.05) is 27.7 Å². The summed E-state index contributed by atoms with van der Waals surface area (Å²) < 4.78 is 6.99. The molecule has 0 N–H and O–H groups in total. The number of pyridine rings is 2. The molecule has 0 spiro atoms. The van der Waals surface area contributed by atoms with Crippen molar-refractivity contribution < 1.29 is 9.53 Å². The van der Waals surface area contributed by atoms with Crippen LogP contribution < -0.4 is 10.5 Å². The largest absolute Gasteiger partial charge is 0.444 e. The zero-order valence-electron chi connectivity index (χ0n) is 16.9. The zero-order valence-corrected chi connectivity index (χ0v) is 16.9. The van der Waals surface area contributed by atoms with Crippen LogP contribution in [0.5, 0.6) is 0 Å². The van der Waals surface area contributed by atoms with Crippen LogP contribution in [-0.2, 0) is 11.8 Å². The predicted octanol–water partition coefficient (Wildman–Crippen LogP) is 2.25. The SMILES string of the molecule is CC1CN(C(=O)OC(C)(C)C)CCN1c1cc(=O)n(C)c2ccc(C#N)nc12. The maximum Gasteiger partial charge on any atom is 0.410 e. The Balaban J connectivity index is 1.94. The first-order valence-corrected chi connectivity index (χ1v) is 9.26. The molecule has 1 amide bonds. The van der Waals surface area contributed by atoms with Crippen molar-refractivity contribution in [2.24, 2.45) is 7.05 Å². The quantitative estimate of drug-likeness (QED) is 0.750. The Labute approximate surface area is 163 Å². The highest BCUT2D eigenvalue weighted by Crippen LogP contribution is 2.27. The standard InChI is InChI=1S/C20H25N5O3/c1-13-12-24(19(27)28-20(2,3)4)8-9-25(13)16-10-17(26)23(5)15-7-6-14(11-21)22-18(15)16/h6-7,10,13H,8-9,12H2,1-5H3. The highest BCUT2D eigenvalue weighted by Gasteiger charge is 2.31. The van der Waals surface area contributed by atoms with E-state index >= 15 is 0 Å². The maximum atomic E-state index is 12.4. The van der Waals surface area contributed by atoms with Gasteiger partial charge >= 0.3 is 6.09 Å².